The number of nitrogens with zero attached hydrogens (tertiary/aromatic N) is 2. The van der Waals surface area contributed by atoms with E-state index in [1.54, 1.807) is 26.2 Å². The van der Waals surface area contributed by atoms with Crippen molar-refractivity contribution in [3.63, 3.8) is 0 Å². The van der Waals surface area contributed by atoms with Gasteiger partial charge in [0.05, 0.1) is 12.8 Å². The maximum absolute atomic E-state index is 13.4. The Morgan fingerprint density at radius 2 is 2.06 bits per heavy atom. The second-order valence-electron chi connectivity index (χ2n) is 3.58. The Hall–Kier alpha value is -1.20. The molecular formula is C12H9BrClFN2O. The van der Waals surface area contributed by atoms with Gasteiger partial charge in [0, 0.05) is 10.0 Å². The molecule has 0 saturated carbocycles. The van der Waals surface area contributed by atoms with Crippen LogP contribution in [0, 0.1) is 12.7 Å². The van der Waals surface area contributed by atoms with Gasteiger partial charge in [-0.15, -0.1) is 0 Å². The zero-order chi connectivity index (χ0) is 13.3. The van der Waals surface area contributed by atoms with Crippen LogP contribution in [0.1, 0.15) is 5.69 Å². The molecule has 0 aliphatic rings. The van der Waals surface area contributed by atoms with Crippen molar-refractivity contribution in [2.24, 2.45) is 0 Å². The largest absolute Gasteiger partial charge is 0.497 e. The van der Waals surface area contributed by atoms with Crippen molar-refractivity contribution in [1.82, 2.24) is 9.97 Å². The van der Waals surface area contributed by atoms with Gasteiger partial charge in [-0.1, -0.05) is 27.5 Å². The molecule has 18 heavy (non-hydrogen) atoms. The third-order valence-corrected chi connectivity index (χ3v) is 3.33. The summed E-state index contributed by atoms with van der Waals surface area (Å²) >= 11 is 9.11. The van der Waals surface area contributed by atoms with Crippen molar-refractivity contribution >= 4 is 27.5 Å². The SMILES string of the molecule is COc1ccc(Br)c(-c2nc(C)c(F)c(Cl)n2)c1. The Morgan fingerprint density at radius 3 is 2.67 bits per heavy atom. The summed E-state index contributed by atoms with van der Waals surface area (Å²) in [6, 6.07) is 5.36. The van der Waals surface area contributed by atoms with Gasteiger partial charge in [0.1, 0.15) is 5.75 Å². The van der Waals surface area contributed by atoms with Crippen LogP contribution in [-0.2, 0) is 0 Å². The summed E-state index contributed by atoms with van der Waals surface area (Å²) in [4.78, 5) is 8.02. The first kappa shape index (κ1) is 13.2. The highest BCUT2D eigenvalue weighted by molar-refractivity contribution is 9.10. The first-order valence-corrected chi connectivity index (χ1v) is 6.23. The quantitative estimate of drug-likeness (QED) is 0.780. The number of methoxy groups -OCH3 is 1. The minimum absolute atomic E-state index is 0.188. The highest BCUT2D eigenvalue weighted by atomic mass is 79.9. The van der Waals surface area contributed by atoms with E-state index in [-0.39, 0.29) is 10.8 Å². The van der Waals surface area contributed by atoms with Crippen LogP contribution in [0.3, 0.4) is 0 Å². The minimum Gasteiger partial charge on any atom is -0.497 e. The third-order valence-electron chi connectivity index (χ3n) is 2.39. The molecule has 1 heterocycles. The second kappa shape index (κ2) is 5.20. The zero-order valence-electron chi connectivity index (χ0n) is 9.67. The van der Waals surface area contributed by atoms with Gasteiger partial charge < -0.3 is 4.74 Å². The topological polar surface area (TPSA) is 35.0 Å². The molecule has 94 valence electrons. The molecule has 3 nitrogen and oxygen atoms in total. The number of halogens is 3. The Morgan fingerprint density at radius 1 is 1.33 bits per heavy atom. The van der Waals surface area contributed by atoms with E-state index in [2.05, 4.69) is 25.9 Å². The fourth-order valence-corrected chi connectivity index (χ4v) is 2.09. The molecule has 1 aromatic carbocycles. The summed E-state index contributed by atoms with van der Waals surface area (Å²) in [5.41, 5.74) is 0.902. The third kappa shape index (κ3) is 2.47. The maximum Gasteiger partial charge on any atom is 0.181 e. The van der Waals surface area contributed by atoms with Crippen LogP contribution in [0.2, 0.25) is 5.15 Å². The molecule has 0 amide bonds. The van der Waals surface area contributed by atoms with Crippen LogP contribution in [0.5, 0.6) is 5.75 Å². The van der Waals surface area contributed by atoms with Crippen molar-refractivity contribution in [3.8, 4) is 17.1 Å². The number of hydrogen-bond donors (Lipinski definition) is 0. The lowest BCUT2D eigenvalue weighted by atomic mass is 10.2. The van der Waals surface area contributed by atoms with Gasteiger partial charge in [-0.25, -0.2) is 14.4 Å². The summed E-state index contributed by atoms with van der Waals surface area (Å²) in [6.45, 7) is 1.54. The lowest BCUT2D eigenvalue weighted by molar-refractivity contribution is 0.415. The van der Waals surface area contributed by atoms with Gasteiger partial charge in [0.15, 0.2) is 16.8 Å². The van der Waals surface area contributed by atoms with E-state index >= 15 is 0 Å². The number of hydrogen-bond acceptors (Lipinski definition) is 3. The molecule has 2 aromatic rings. The maximum atomic E-state index is 13.4. The lowest BCUT2D eigenvalue weighted by Crippen LogP contribution is -1.98. The van der Waals surface area contributed by atoms with Gasteiger partial charge in [-0.05, 0) is 25.1 Å². The molecular weight excluding hydrogens is 322 g/mol. The molecule has 0 N–H and O–H groups in total. The van der Waals surface area contributed by atoms with Crippen molar-refractivity contribution in [2.75, 3.05) is 7.11 Å². The predicted molar refractivity (Wildman–Crippen MR) is 71.4 cm³/mol. The first-order chi connectivity index (χ1) is 8.52. The van der Waals surface area contributed by atoms with Gasteiger partial charge in [-0.2, -0.15) is 0 Å². The van der Waals surface area contributed by atoms with E-state index in [9.17, 15) is 4.39 Å². The normalized spacial score (nSPS) is 10.5. The van der Waals surface area contributed by atoms with Crippen LogP contribution in [0.4, 0.5) is 4.39 Å². The number of aryl methyl sites for hydroxylation is 1. The molecule has 2 rings (SSSR count). The highest BCUT2D eigenvalue weighted by Gasteiger charge is 2.13. The molecule has 0 spiro atoms. The van der Waals surface area contributed by atoms with Crippen LogP contribution in [-0.4, -0.2) is 17.1 Å². The molecule has 6 heteroatoms. The summed E-state index contributed by atoms with van der Waals surface area (Å²) in [5.74, 6) is 0.416. The van der Waals surface area contributed by atoms with E-state index in [4.69, 9.17) is 16.3 Å². The first-order valence-electron chi connectivity index (χ1n) is 5.06. The zero-order valence-corrected chi connectivity index (χ0v) is 12.0. The molecule has 0 atom stereocenters. The van der Waals surface area contributed by atoms with Crippen LogP contribution >= 0.6 is 27.5 Å². The summed E-state index contributed by atoms with van der Waals surface area (Å²) in [5, 5.41) is -0.188. The van der Waals surface area contributed by atoms with Gasteiger partial charge in [-0.3, -0.25) is 0 Å². The fourth-order valence-electron chi connectivity index (χ4n) is 1.45. The number of benzene rings is 1. The van der Waals surface area contributed by atoms with Crippen LogP contribution in [0.25, 0.3) is 11.4 Å². The predicted octanol–water partition coefficient (Wildman–Crippen LogP) is 4.02. The second-order valence-corrected chi connectivity index (χ2v) is 4.80. The number of ether oxygens (including phenoxy) is 1. The van der Waals surface area contributed by atoms with E-state index in [1.807, 2.05) is 6.07 Å². The number of rotatable bonds is 2. The standard InChI is InChI=1S/C12H9BrClFN2O/c1-6-10(15)11(14)17-12(16-6)8-5-7(18-2)3-4-9(8)13/h3-5H,1-2H3. The van der Waals surface area contributed by atoms with E-state index in [0.29, 0.717) is 17.1 Å². The Bertz CT molecular complexity index is 584. The number of aromatic nitrogens is 2. The molecule has 0 bridgehead atoms. The van der Waals surface area contributed by atoms with Gasteiger partial charge in [0.25, 0.3) is 0 Å². The fraction of sp³-hybridized carbons (Fsp3) is 0.167. The van der Waals surface area contributed by atoms with Crippen molar-refractivity contribution in [1.29, 1.82) is 0 Å². The van der Waals surface area contributed by atoms with E-state index in [1.165, 1.54) is 0 Å². The van der Waals surface area contributed by atoms with Gasteiger partial charge in [0.2, 0.25) is 0 Å². The average molecular weight is 332 g/mol. The van der Waals surface area contributed by atoms with Crippen LogP contribution < -0.4 is 4.74 Å². The molecule has 1 aromatic heterocycles. The molecule has 0 aliphatic heterocycles. The molecule has 0 radical (unpaired) electrons. The van der Waals surface area contributed by atoms with Crippen molar-refractivity contribution in [2.45, 2.75) is 6.92 Å². The van der Waals surface area contributed by atoms with E-state index < -0.39 is 5.82 Å². The smallest absolute Gasteiger partial charge is 0.181 e. The molecule has 0 aliphatic carbocycles. The Balaban J connectivity index is 2.61. The van der Waals surface area contributed by atoms with Gasteiger partial charge >= 0.3 is 0 Å². The van der Waals surface area contributed by atoms with Crippen molar-refractivity contribution < 1.29 is 9.13 Å². The van der Waals surface area contributed by atoms with Crippen LogP contribution in [0.15, 0.2) is 22.7 Å². The Kier molecular flexibility index (Phi) is 3.82. The molecule has 0 unspecified atom stereocenters. The van der Waals surface area contributed by atoms with E-state index in [0.717, 1.165) is 4.47 Å². The minimum atomic E-state index is -0.598. The molecule has 0 saturated heterocycles. The van der Waals surface area contributed by atoms with Crippen molar-refractivity contribution in [3.05, 3.63) is 39.3 Å². The highest BCUT2D eigenvalue weighted by Crippen LogP contribution is 2.31. The average Bonchev–Trinajstić information content (AvgIpc) is 2.36. The summed E-state index contributed by atoms with van der Waals surface area (Å²) in [6.07, 6.45) is 0. The summed E-state index contributed by atoms with van der Waals surface area (Å²) in [7, 11) is 1.57. The summed E-state index contributed by atoms with van der Waals surface area (Å²) < 4.78 is 19.3. The lowest BCUT2D eigenvalue weighted by Gasteiger charge is -2.08. The molecule has 0 fully saturated rings. The monoisotopic (exact) mass is 330 g/mol. The Labute approximate surface area is 117 Å².